The number of rotatable bonds is 4. The summed E-state index contributed by atoms with van der Waals surface area (Å²) in [5, 5.41) is 7.96. The largest absolute Gasteiger partial charge is 0.455 e. The molecule has 0 N–H and O–H groups in total. The second kappa shape index (κ2) is 11.5. The van der Waals surface area contributed by atoms with Gasteiger partial charge in [-0.05, 0) is 58.5 Å². The van der Waals surface area contributed by atoms with Gasteiger partial charge >= 0.3 is 0 Å². The predicted octanol–water partition coefficient (Wildman–Crippen LogP) is 13.7. The molecular formula is C48H28N2OS. The van der Waals surface area contributed by atoms with Gasteiger partial charge in [-0.15, -0.1) is 11.3 Å². The van der Waals surface area contributed by atoms with Crippen LogP contribution in [0, 0.1) is 0 Å². The molecular weight excluding hydrogens is 653 g/mol. The molecule has 0 saturated carbocycles. The zero-order valence-corrected chi connectivity index (χ0v) is 28.7. The zero-order chi connectivity index (χ0) is 34.2. The van der Waals surface area contributed by atoms with Crippen LogP contribution in [0.5, 0.6) is 0 Å². The van der Waals surface area contributed by atoms with E-state index in [1.54, 1.807) is 0 Å². The molecule has 242 valence electrons. The molecule has 0 radical (unpaired) electrons. The third kappa shape index (κ3) is 4.51. The molecule has 52 heavy (non-hydrogen) atoms. The maximum absolute atomic E-state index is 6.95. The van der Waals surface area contributed by atoms with Gasteiger partial charge in [0.15, 0.2) is 5.82 Å². The van der Waals surface area contributed by atoms with Crippen molar-refractivity contribution in [3.8, 4) is 44.9 Å². The predicted molar refractivity (Wildman–Crippen MR) is 219 cm³/mol. The van der Waals surface area contributed by atoms with Crippen molar-refractivity contribution < 1.29 is 4.42 Å². The fourth-order valence-corrected chi connectivity index (χ4v) is 8.93. The van der Waals surface area contributed by atoms with Crippen LogP contribution < -0.4 is 0 Å². The standard InChI is InChI=1S/C48H28N2OS/c1-2-11-32(12-3-1)45-38-15-6-8-16-41(38)49-48(50-45)40-27-26-35(47-44(40)39-25-22-30-10-4-5-13-34(30)46(39)51-47)31-20-18-29(19-21-31)33-23-24-37-36-14-7-9-17-42(36)52-43(37)28-33/h1-28H. The first kappa shape index (κ1) is 29.1. The molecule has 3 aromatic heterocycles. The van der Waals surface area contributed by atoms with Crippen molar-refractivity contribution in [1.82, 2.24) is 9.97 Å². The fraction of sp³-hybridized carbons (Fsp3) is 0. The van der Waals surface area contributed by atoms with Crippen molar-refractivity contribution in [2.45, 2.75) is 0 Å². The quantitative estimate of drug-likeness (QED) is 0.186. The lowest BCUT2D eigenvalue weighted by Crippen LogP contribution is -1.96. The Morgan fingerprint density at radius 1 is 0.404 bits per heavy atom. The van der Waals surface area contributed by atoms with Crippen LogP contribution in [-0.4, -0.2) is 9.97 Å². The molecule has 0 saturated heterocycles. The van der Waals surface area contributed by atoms with Crippen molar-refractivity contribution in [3.63, 3.8) is 0 Å². The Balaban J connectivity index is 1.11. The molecule has 0 atom stereocenters. The van der Waals surface area contributed by atoms with Gasteiger partial charge in [0.05, 0.1) is 11.2 Å². The normalized spacial score (nSPS) is 11.8. The number of thiophene rings is 1. The maximum atomic E-state index is 6.95. The number of para-hydroxylation sites is 1. The first-order chi connectivity index (χ1) is 25.8. The summed E-state index contributed by atoms with van der Waals surface area (Å²) in [6.45, 7) is 0. The van der Waals surface area contributed by atoms with E-state index in [2.05, 4.69) is 152 Å². The number of hydrogen-bond donors (Lipinski definition) is 0. The summed E-state index contributed by atoms with van der Waals surface area (Å²) in [6, 6.07) is 60.1. The molecule has 0 amide bonds. The average Bonchev–Trinajstić information content (AvgIpc) is 3.79. The molecule has 3 heterocycles. The minimum atomic E-state index is 0.678. The molecule has 0 spiro atoms. The van der Waals surface area contributed by atoms with Crippen LogP contribution in [0.4, 0.5) is 0 Å². The van der Waals surface area contributed by atoms with E-state index in [1.807, 2.05) is 29.5 Å². The van der Waals surface area contributed by atoms with Gasteiger partial charge in [-0.1, -0.05) is 133 Å². The minimum Gasteiger partial charge on any atom is -0.455 e. The number of fused-ring (bicyclic) bond motifs is 9. The van der Waals surface area contributed by atoms with Gasteiger partial charge in [0, 0.05) is 58.4 Å². The third-order valence-corrected chi connectivity index (χ3v) is 11.4. The van der Waals surface area contributed by atoms with E-state index < -0.39 is 0 Å². The number of furan rings is 1. The summed E-state index contributed by atoms with van der Waals surface area (Å²) in [7, 11) is 0. The van der Waals surface area contributed by atoms with Crippen molar-refractivity contribution in [1.29, 1.82) is 0 Å². The Labute approximate surface area is 303 Å². The summed E-state index contributed by atoms with van der Waals surface area (Å²) in [4.78, 5) is 10.4. The Kier molecular flexibility index (Phi) is 6.42. The van der Waals surface area contributed by atoms with Gasteiger partial charge in [0.25, 0.3) is 0 Å². The zero-order valence-electron chi connectivity index (χ0n) is 27.9. The molecule has 4 heteroatoms. The second-order valence-corrected chi connectivity index (χ2v) is 14.4. The van der Waals surface area contributed by atoms with Crippen LogP contribution in [0.1, 0.15) is 0 Å². The van der Waals surface area contributed by atoms with Crippen LogP contribution in [0.3, 0.4) is 0 Å². The molecule has 0 unspecified atom stereocenters. The Morgan fingerprint density at radius 3 is 1.96 bits per heavy atom. The number of nitrogens with zero attached hydrogens (tertiary/aromatic N) is 2. The average molecular weight is 681 g/mol. The summed E-state index contributed by atoms with van der Waals surface area (Å²) in [5.41, 5.74) is 10.1. The summed E-state index contributed by atoms with van der Waals surface area (Å²) >= 11 is 1.85. The highest BCUT2D eigenvalue weighted by molar-refractivity contribution is 7.25. The van der Waals surface area contributed by atoms with E-state index in [-0.39, 0.29) is 0 Å². The van der Waals surface area contributed by atoms with Gasteiger partial charge in [-0.25, -0.2) is 9.97 Å². The van der Waals surface area contributed by atoms with Crippen LogP contribution >= 0.6 is 11.3 Å². The van der Waals surface area contributed by atoms with Crippen molar-refractivity contribution in [2.75, 3.05) is 0 Å². The van der Waals surface area contributed by atoms with Gasteiger partial charge in [0.2, 0.25) is 0 Å². The molecule has 11 rings (SSSR count). The van der Waals surface area contributed by atoms with Gasteiger partial charge in [-0.3, -0.25) is 0 Å². The van der Waals surface area contributed by atoms with Crippen LogP contribution in [0.25, 0.3) is 109 Å². The van der Waals surface area contributed by atoms with E-state index in [0.717, 1.165) is 71.6 Å². The monoisotopic (exact) mass is 680 g/mol. The second-order valence-electron chi connectivity index (χ2n) is 13.3. The van der Waals surface area contributed by atoms with Crippen LogP contribution in [0.2, 0.25) is 0 Å². The SMILES string of the molecule is c1ccc(-c2nc(-c3ccc(-c4ccc(-c5ccc6c(c5)sc5ccccc56)cc4)c4oc5c6ccccc6ccc5c34)nc3ccccc23)cc1. The number of aromatic nitrogens is 2. The minimum absolute atomic E-state index is 0.678. The van der Waals surface area contributed by atoms with E-state index in [9.17, 15) is 0 Å². The third-order valence-electron chi connectivity index (χ3n) is 10.3. The summed E-state index contributed by atoms with van der Waals surface area (Å²) in [6.07, 6.45) is 0. The molecule has 0 fully saturated rings. The molecule has 3 nitrogen and oxygen atoms in total. The Bertz CT molecular complexity index is 3180. The van der Waals surface area contributed by atoms with E-state index in [0.29, 0.717) is 5.82 Å². The highest BCUT2D eigenvalue weighted by atomic mass is 32.1. The van der Waals surface area contributed by atoms with E-state index in [1.165, 1.54) is 31.3 Å². The first-order valence-corrected chi connectivity index (χ1v) is 18.3. The molecule has 0 aliphatic rings. The van der Waals surface area contributed by atoms with Crippen molar-refractivity contribution in [3.05, 3.63) is 170 Å². The molecule has 0 aliphatic carbocycles. The molecule has 11 aromatic rings. The van der Waals surface area contributed by atoms with Crippen molar-refractivity contribution >= 4 is 75.1 Å². The molecule has 0 bridgehead atoms. The van der Waals surface area contributed by atoms with Gasteiger partial charge in [-0.2, -0.15) is 0 Å². The van der Waals surface area contributed by atoms with E-state index >= 15 is 0 Å². The molecule has 8 aromatic carbocycles. The van der Waals surface area contributed by atoms with Crippen LogP contribution in [-0.2, 0) is 0 Å². The Hall–Kier alpha value is -6.62. The summed E-state index contributed by atoms with van der Waals surface area (Å²) in [5.74, 6) is 0.678. The lowest BCUT2D eigenvalue weighted by Gasteiger charge is -2.12. The first-order valence-electron chi connectivity index (χ1n) is 17.5. The van der Waals surface area contributed by atoms with Crippen LogP contribution in [0.15, 0.2) is 174 Å². The van der Waals surface area contributed by atoms with E-state index in [4.69, 9.17) is 14.4 Å². The highest BCUT2D eigenvalue weighted by Crippen LogP contribution is 2.44. The summed E-state index contributed by atoms with van der Waals surface area (Å²) < 4.78 is 9.58. The maximum Gasteiger partial charge on any atom is 0.161 e. The fourth-order valence-electron chi connectivity index (χ4n) is 7.78. The smallest absolute Gasteiger partial charge is 0.161 e. The Morgan fingerprint density at radius 2 is 1.08 bits per heavy atom. The highest BCUT2D eigenvalue weighted by Gasteiger charge is 2.21. The van der Waals surface area contributed by atoms with Crippen molar-refractivity contribution in [2.24, 2.45) is 0 Å². The lowest BCUT2D eigenvalue weighted by molar-refractivity contribution is 0.674. The molecule has 0 aliphatic heterocycles. The lowest BCUT2D eigenvalue weighted by atomic mass is 9.95. The number of benzene rings is 8. The number of hydrogen-bond acceptors (Lipinski definition) is 4. The van der Waals surface area contributed by atoms with Gasteiger partial charge in [0.1, 0.15) is 11.2 Å². The van der Waals surface area contributed by atoms with Gasteiger partial charge < -0.3 is 4.42 Å². The topological polar surface area (TPSA) is 38.9 Å².